The second kappa shape index (κ2) is 5.66. The molecule has 3 nitrogen and oxygen atoms in total. The summed E-state index contributed by atoms with van der Waals surface area (Å²) >= 11 is 1.13. The first kappa shape index (κ1) is 15.5. The van der Waals surface area contributed by atoms with Crippen LogP contribution >= 0.6 is 11.3 Å². The number of aryl methyl sites for hydroxylation is 1. The molecular formula is C16H11F3N2OS. The first-order valence-corrected chi connectivity index (χ1v) is 7.50. The van der Waals surface area contributed by atoms with Gasteiger partial charge in [0.15, 0.2) is 5.13 Å². The number of anilines is 1. The monoisotopic (exact) mass is 336 g/mol. The van der Waals surface area contributed by atoms with Crippen LogP contribution in [0.5, 0.6) is 0 Å². The fourth-order valence-electron chi connectivity index (χ4n) is 2.03. The van der Waals surface area contributed by atoms with Crippen LogP contribution in [0.25, 0.3) is 10.2 Å². The minimum atomic E-state index is -4.41. The van der Waals surface area contributed by atoms with E-state index in [1.54, 1.807) is 12.1 Å². The number of halogens is 3. The SMILES string of the molecule is Cc1ccc(C(=O)Nc2nc3cc(C(F)(F)F)ccc3s2)cc1. The average Bonchev–Trinajstić information content (AvgIpc) is 2.88. The van der Waals surface area contributed by atoms with Crippen LogP contribution in [-0.2, 0) is 6.18 Å². The van der Waals surface area contributed by atoms with E-state index in [1.165, 1.54) is 6.07 Å². The van der Waals surface area contributed by atoms with Crippen molar-refractivity contribution >= 4 is 32.6 Å². The van der Waals surface area contributed by atoms with E-state index in [2.05, 4.69) is 10.3 Å². The van der Waals surface area contributed by atoms with E-state index in [1.807, 2.05) is 19.1 Å². The highest BCUT2D eigenvalue weighted by molar-refractivity contribution is 7.22. The van der Waals surface area contributed by atoms with Crippen molar-refractivity contribution in [3.05, 3.63) is 59.2 Å². The lowest BCUT2D eigenvalue weighted by atomic mass is 10.1. The lowest BCUT2D eigenvalue weighted by Crippen LogP contribution is -2.11. The summed E-state index contributed by atoms with van der Waals surface area (Å²) < 4.78 is 38.7. The molecule has 3 rings (SSSR count). The Morgan fingerprint density at radius 2 is 1.83 bits per heavy atom. The number of carbonyl (C=O) groups is 1. The normalized spacial score (nSPS) is 11.7. The number of rotatable bonds is 2. The number of hydrogen-bond acceptors (Lipinski definition) is 3. The first-order chi connectivity index (χ1) is 10.8. The molecule has 0 saturated carbocycles. The lowest BCUT2D eigenvalue weighted by molar-refractivity contribution is -0.137. The van der Waals surface area contributed by atoms with E-state index < -0.39 is 11.7 Å². The van der Waals surface area contributed by atoms with Crippen LogP contribution in [0.2, 0.25) is 0 Å². The van der Waals surface area contributed by atoms with Gasteiger partial charge in [0.1, 0.15) is 0 Å². The van der Waals surface area contributed by atoms with Gasteiger partial charge in [-0.2, -0.15) is 13.2 Å². The van der Waals surface area contributed by atoms with Crippen molar-refractivity contribution < 1.29 is 18.0 Å². The van der Waals surface area contributed by atoms with Crippen LogP contribution in [0.1, 0.15) is 21.5 Å². The molecule has 0 bridgehead atoms. The molecule has 1 N–H and O–H groups in total. The van der Waals surface area contributed by atoms with Crippen molar-refractivity contribution in [2.75, 3.05) is 5.32 Å². The van der Waals surface area contributed by atoms with Gasteiger partial charge >= 0.3 is 6.18 Å². The Morgan fingerprint density at radius 1 is 1.13 bits per heavy atom. The smallest absolute Gasteiger partial charge is 0.298 e. The Balaban J connectivity index is 1.86. The van der Waals surface area contributed by atoms with Crippen molar-refractivity contribution in [3.8, 4) is 0 Å². The molecule has 0 spiro atoms. The molecule has 0 aliphatic rings. The highest BCUT2D eigenvalue weighted by atomic mass is 32.1. The van der Waals surface area contributed by atoms with Crippen LogP contribution in [0.3, 0.4) is 0 Å². The summed E-state index contributed by atoms with van der Waals surface area (Å²) in [5, 5.41) is 2.88. The number of thiazole rings is 1. The van der Waals surface area contributed by atoms with E-state index in [0.717, 1.165) is 29.0 Å². The Bertz CT molecular complexity index is 869. The van der Waals surface area contributed by atoms with Gasteiger partial charge in [0.2, 0.25) is 0 Å². The fraction of sp³-hybridized carbons (Fsp3) is 0.125. The molecule has 118 valence electrons. The second-order valence-electron chi connectivity index (χ2n) is 5.02. The van der Waals surface area contributed by atoms with E-state index in [0.29, 0.717) is 10.3 Å². The summed E-state index contributed by atoms with van der Waals surface area (Å²) in [7, 11) is 0. The predicted molar refractivity (Wildman–Crippen MR) is 83.8 cm³/mol. The molecule has 1 heterocycles. The number of alkyl halides is 3. The van der Waals surface area contributed by atoms with Gasteiger partial charge in [-0.15, -0.1) is 0 Å². The third-order valence-electron chi connectivity index (χ3n) is 3.25. The summed E-state index contributed by atoms with van der Waals surface area (Å²) in [4.78, 5) is 16.2. The summed E-state index contributed by atoms with van der Waals surface area (Å²) in [5.74, 6) is -0.347. The standard InChI is InChI=1S/C16H11F3N2OS/c1-9-2-4-10(5-3-9)14(22)21-15-20-12-8-11(16(17,18)19)6-7-13(12)23-15/h2-8H,1H3,(H,20,21,22). The zero-order valence-corrected chi connectivity index (χ0v) is 12.8. The van der Waals surface area contributed by atoms with Gasteiger partial charge in [0.25, 0.3) is 5.91 Å². The number of hydrogen-bond donors (Lipinski definition) is 1. The van der Waals surface area contributed by atoms with Gasteiger partial charge < -0.3 is 0 Å². The van der Waals surface area contributed by atoms with E-state index in [9.17, 15) is 18.0 Å². The van der Waals surface area contributed by atoms with Crippen molar-refractivity contribution in [2.24, 2.45) is 0 Å². The third kappa shape index (κ3) is 3.34. The predicted octanol–water partition coefficient (Wildman–Crippen LogP) is 4.88. The molecule has 0 atom stereocenters. The first-order valence-electron chi connectivity index (χ1n) is 6.69. The molecule has 23 heavy (non-hydrogen) atoms. The topological polar surface area (TPSA) is 42.0 Å². The summed E-state index contributed by atoms with van der Waals surface area (Å²) in [6, 6.07) is 10.3. The Labute approximate surface area is 133 Å². The van der Waals surface area contributed by atoms with Crippen LogP contribution in [0.15, 0.2) is 42.5 Å². The van der Waals surface area contributed by atoms with Crippen molar-refractivity contribution in [2.45, 2.75) is 13.1 Å². The number of carbonyl (C=O) groups excluding carboxylic acids is 1. The van der Waals surface area contributed by atoms with E-state index >= 15 is 0 Å². The van der Waals surface area contributed by atoms with Gasteiger partial charge in [0.05, 0.1) is 15.8 Å². The van der Waals surface area contributed by atoms with E-state index in [-0.39, 0.29) is 16.6 Å². The number of amides is 1. The molecule has 2 aromatic carbocycles. The quantitative estimate of drug-likeness (QED) is 0.725. The molecule has 1 amide bonds. The number of nitrogens with one attached hydrogen (secondary N) is 1. The Kier molecular flexibility index (Phi) is 3.81. The molecule has 0 radical (unpaired) electrons. The van der Waals surface area contributed by atoms with Crippen LogP contribution in [0.4, 0.5) is 18.3 Å². The molecule has 7 heteroatoms. The third-order valence-corrected chi connectivity index (χ3v) is 4.20. The molecule has 0 aliphatic heterocycles. The number of nitrogens with zero attached hydrogens (tertiary/aromatic N) is 1. The number of aromatic nitrogens is 1. The fourth-order valence-corrected chi connectivity index (χ4v) is 2.87. The molecule has 0 fully saturated rings. The molecule has 1 aromatic heterocycles. The maximum Gasteiger partial charge on any atom is 0.416 e. The van der Waals surface area contributed by atoms with Gasteiger partial charge in [-0.1, -0.05) is 29.0 Å². The minimum absolute atomic E-state index is 0.212. The van der Waals surface area contributed by atoms with Crippen molar-refractivity contribution in [3.63, 3.8) is 0 Å². The average molecular weight is 336 g/mol. The Hall–Kier alpha value is -2.41. The highest BCUT2D eigenvalue weighted by Gasteiger charge is 2.30. The largest absolute Gasteiger partial charge is 0.416 e. The van der Waals surface area contributed by atoms with Gasteiger partial charge in [-0.3, -0.25) is 10.1 Å². The summed E-state index contributed by atoms with van der Waals surface area (Å²) in [6.45, 7) is 1.91. The maximum absolute atomic E-state index is 12.7. The van der Waals surface area contributed by atoms with Crippen LogP contribution in [0, 0.1) is 6.92 Å². The van der Waals surface area contributed by atoms with Crippen molar-refractivity contribution in [1.82, 2.24) is 4.98 Å². The molecule has 0 unspecified atom stereocenters. The zero-order valence-electron chi connectivity index (χ0n) is 11.9. The van der Waals surface area contributed by atoms with Crippen molar-refractivity contribution in [1.29, 1.82) is 0 Å². The maximum atomic E-state index is 12.7. The number of benzene rings is 2. The lowest BCUT2D eigenvalue weighted by Gasteiger charge is -2.04. The van der Waals surface area contributed by atoms with Gasteiger partial charge in [0, 0.05) is 5.56 Å². The summed E-state index contributed by atoms with van der Waals surface area (Å²) in [6.07, 6.45) is -4.41. The Morgan fingerprint density at radius 3 is 2.48 bits per heavy atom. The van der Waals surface area contributed by atoms with Crippen LogP contribution < -0.4 is 5.32 Å². The van der Waals surface area contributed by atoms with Gasteiger partial charge in [-0.25, -0.2) is 4.98 Å². The molecular weight excluding hydrogens is 325 g/mol. The van der Waals surface area contributed by atoms with Gasteiger partial charge in [-0.05, 0) is 37.3 Å². The minimum Gasteiger partial charge on any atom is -0.298 e. The molecule has 3 aromatic rings. The van der Waals surface area contributed by atoms with Crippen LogP contribution in [-0.4, -0.2) is 10.9 Å². The molecule has 0 aliphatic carbocycles. The van der Waals surface area contributed by atoms with E-state index in [4.69, 9.17) is 0 Å². The summed E-state index contributed by atoms with van der Waals surface area (Å²) in [5.41, 5.74) is 0.947. The zero-order chi connectivity index (χ0) is 16.6. The number of fused-ring (bicyclic) bond motifs is 1. The second-order valence-corrected chi connectivity index (χ2v) is 6.05. The molecule has 0 saturated heterocycles. The highest BCUT2D eigenvalue weighted by Crippen LogP contribution is 2.34.